The average molecular weight is 292 g/mol. The Morgan fingerprint density at radius 3 is 2.35 bits per heavy atom. The van der Waals surface area contributed by atoms with Gasteiger partial charge in [0.05, 0.1) is 12.7 Å². The molecule has 0 heterocycles. The molecule has 1 aromatic rings. The number of hydrogen-bond acceptors (Lipinski definition) is 3. The van der Waals surface area contributed by atoms with E-state index < -0.39 is 12.8 Å². The van der Waals surface area contributed by atoms with Crippen LogP contribution in [-0.2, 0) is 11.2 Å². The molecule has 6 heteroatoms. The third kappa shape index (κ3) is 8.01. The van der Waals surface area contributed by atoms with Crippen molar-refractivity contribution >= 4 is 0 Å². The third-order valence-corrected chi connectivity index (χ3v) is 2.54. The molecular weight excluding hydrogens is 273 g/mol. The highest BCUT2D eigenvalue weighted by Crippen LogP contribution is 2.15. The van der Waals surface area contributed by atoms with E-state index >= 15 is 0 Å². The van der Waals surface area contributed by atoms with Crippen LogP contribution in [-0.4, -0.2) is 37.2 Å². The van der Waals surface area contributed by atoms with Crippen LogP contribution < -0.4 is 4.74 Å². The molecule has 0 aliphatic heterocycles. The minimum Gasteiger partial charge on any atom is -0.491 e. The van der Waals surface area contributed by atoms with E-state index in [9.17, 15) is 18.3 Å². The van der Waals surface area contributed by atoms with E-state index in [-0.39, 0.29) is 19.3 Å². The lowest BCUT2D eigenvalue weighted by atomic mass is 10.1. The first-order valence-electron chi connectivity index (χ1n) is 6.41. The van der Waals surface area contributed by atoms with E-state index in [1.54, 1.807) is 19.1 Å². The number of aliphatic hydroxyl groups is 1. The van der Waals surface area contributed by atoms with Crippen molar-refractivity contribution in [3.63, 3.8) is 0 Å². The molecule has 20 heavy (non-hydrogen) atoms. The summed E-state index contributed by atoms with van der Waals surface area (Å²) >= 11 is 0. The summed E-state index contributed by atoms with van der Waals surface area (Å²) in [4.78, 5) is 0. The van der Waals surface area contributed by atoms with Gasteiger partial charge >= 0.3 is 6.18 Å². The smallest absolute Gasteiger partial charge is 0.411 e. The van der Waals surface area contributed by atoms with Crippen LogP contribution in [0.2, 0.25) is 0 Å². The molecule has 1 rings (SSSR count). The molecule has 114 valence electrons. The van der Waals surface area contributed by atoms with Crippen LogP contribution in [0.5, 0.6) is 5.75 Å². The summed E-state index contributed by atoms with van der Waals surface area (Å²) in [6.45, 7) is 0.444. The van der Waals surface area contributed by atoms with Crippen molar-refractivity contribution in [3.8, 4) is 5.75 Å². The first kappa shape index (κ1) is 16.8. The Hall–Kier alpha value is -1.27. The summed E-state index contributed by atoms with van der Waals surface area (Å²) in [7, 11) is 0. The fourth-order valence-electron chi connectivity index (χ4n) is 1.53. The van der Waals surface area contributed by atoms with Crippen molar-refractivity contribution in [2.24, 2.45) is 0 Å². The highest BCUT2D eigenvalue weighted by atomic mass is 19.4. The standard InChI is InChI=1S/C14H19F3O3/c1-11(18)2-3-12-4-6-13(7-5-12)20-9-8-19-10-14(15,16)17/h4-7,11,18H,2-3,8-10H2,1H3. The van der Waals surface area contributed by atoms with Crippen molar-refractivity contribution in [1.29, 1.82) is 0 Å². The summed E-state index contributed by atoms with van der Waals surface area (Å²) in [6.07, 6.45) is -3.18. The van der Waals surface area contributed by atoms with Gasteiger partial charge in [-0.2, -0.15) is 13.2 Å². The van der Waals surface area contributed by atoms with Crippen LogP contribution in [0.25, 0.3) is 0 Å². The Kier molecular flexibility index (Phi) is 6.81. The molecule has 0 fully saturated rings. The Balaban J connectivity index is 2.21. The normalized spacial score (nSPS) is 13.2. The second kappa shape index (κ2) is 8.11. The first-order valence-corrected chi connectivity index (χ1v) is 6.41. The van der Waals surface area contributed by atoms with Gasteiger partial charge in [-0.3, -0.25) is 0 Å². The summed E-state index contributed by atoms with van der Waals surface area (Å²) in [5.41, 5.74) is 1.08. The highest BCUT2D eigenvalue weighted by Gasteiger charge is 2.27. The molecule has 0 bridgehead atoms. The summed E-state index contributed by atoms with van der Waals surface area (Å²) in [6, 6.07) is 7.24. The van der Waals surface area contributed by atoms with Gasteiger partial charge in [-0.25, -0.2) is 0 Å². The topological polar surface area (TPSA) is 38.7 Å². The lowest BCUT2D eigenvalue weighted by Gasteiger charge is -2.09. The maximum atomic E-state index is 11.8. The highest BCUT2D eigenvalue weighted by molar-refractivity contribution is 5.27. The summed E-state index contributed by atoms with van der Waals surface area (Å²) in [5, 5.41) is 9.17. The van der Waals surface area contributed by atoms with Crippen molar-refractivity contribution < 1.29 is 27.8 Å². The zero-order valence-electron chi connectivity index (χ0n) is 11.3. The molecule has 0 radical (unpaired) electrons. The Bertz CT molecular complexity index is 374. The van der Waals surface area contributed by atoms with E-state index in [2.05, 4.69) is 4.74 Å². The maximum absolute atomic E-state index is 11.8. The second-order valence-corrected chi connectivity index (χ2v) is 4.55. The van der Waals surface area contributed by atoms with Crippen LogP contribution in [0.3, 0.4) is 0 Å². The number of halogens is 3. The lowest BCUT2D eigenvalue weighted by molar-refractivity contribution is -0.175. The maximum Gasteiger partial charge on any atom is 0.411 e. The molecule has 0 aromatic heterocycles. The monoisotopic (exact) mass is 292 g/mol. The Morgan fingerprint density at radius 2 is 1.80 bits per heavy atom. The van der Waals surface area contributed by atoms with Gasteiger partial charge in [0.1, 0.15) is 19.0 Å². The predicted octanol–water partition coefficient (Wildman–Crippen LogP) is 2.96. The zero-order chi connectivity index (χ0) is 15.0. The minimum atomic E-state index is -4.30. The summed E-state index contributed by atoms with van der Waals surface area (Å²) in [5.74, 6) is 0.585. The van der Waals surface area contributed by atoms with Crippen LogP contribution >= 0.6 is 0 Å². The molecule has 1 unspecified atom stereocenters. The third-order valence-electron chi connectivity index (χ3n) is 2.54. The van der Waals surface area contributed by atoms with Gasteiger partial charge in [0.2, 0.25) is 0 Å². The average Bonchev–Trinajstić information content (AvgIpc) is 2.36. The summed E-state index contributed by atoms with van der Waals surface area (Å²) < 4.78 is 45.1. The molecule has 0 aliphatic rings. The molecule has 0 aliphatic carbocycles. The molecular formula is C14H19F3O3. The number of aliphatic hydroxyl groups excluding tert-OH is 1. The van der Waals surface area contributed by atoms with Gasteiger partial charge < -0.3 is 14.6 Å². The molecule has 0 saturated heterocycles. The van der Waals surface area contributed by atoms with E-state index in [0.29, 0.717) is 12.2 Å². The van der Waals surface area contributed by atoms with Crippen molar-refractivity contribution in [2.75, 3.05) is 19.8 Å². The molecule has 1 aromatic carbocycles. The number of hydrogen-bond donors (Lipinski definition) is 1. The van der Waals surface area contributed by atoms with E-state index in [0.717, 1.165) is 12.0 Å². The van der Waals surface area contributed by atoms with Crippen LogP contribution in [0.1, 0.15) is 18.9 Å². The number of aryl methyl sites for hydroxylation is 1. The number of ether oxygens (including phenoxy) is 2. The van der Waals surface area contributed by atoms with Crippen LogP contribution in [0, 0.1) is 0 Å². The van der Waals surface area contributed by atoms with Crippen molar-refractivity contribution in [3.05, 3.63) is 29.8 Å². The van der Waals surface area contributed by atoms with Gasteiger partial charge in [-0.05, 0) is 37.5 Å². The second-order valence-electron chi connectivity index (χ2n) is 4.55. The predicted molar refractivity (Wildman–Crippen MR) is 68.8 cm³/mol. The van der Waals surface area contributed by atoms with Crippen LogP contribution in [0.15, 0.2) is 24.3 Å². The molecule has 0 spiro atoms. The fraction of sp³-hybridized carbons (Fsp3) is 0.571. The SMILES string of the molecule is CC(O)CCc1ccc(OCCOCC(F)(F)F)cc1. The molecule has 1 atom stereocenters. The van der Waals surface area contributed by atoms with E-state index in [1.165, 1.54) is 0 Å². The zero-order valence-corrected chi connectivity index (χ0v) is 11.3. The van der Waals surface area contributed by atoms with Gasteiger partial charge in [0.15, 0.2) is 0 Å². The quantitative estimate of drug-likeness (QED) is 0.749. The fourth-order valence-corrected chi connectivity index (χ4v) is 1.53. The van der Waals surface area contributed by atoms with Gasteiger partial charge in [-0.1, -0.05) is 12.1 Å². The van der Waals surface area contributed by atoms with Gasteiger partial charge in [0, 0.05) is 0 Å². The van der Waals surface area contributed by atoms with Crippen LogP contribution in [0.4, 0.5) is 13.2 Å². The lowest BCUT2D eigenvalue weighted by Crippen LogP contribution is -2.19. The number of benzene rings is 1. The Labute approximate surface area is 116 Å². The minimum absolute atomic E-state index is 0.0725. The van der Waals surface area contributed by atoms with E-state index in [1.807, 2.05) is 12.1 Å². The molecule has 3 nitrogen and oxygen atoms in total. The molecule has 0 saturated carbocycles. The number of alkyl halides is 3. The largest absolute Gasteiger partial charge is 0.491 e. The first-order chi connectivity index (χ1) is 9.37. The molecule has 1 N–H and O–H groups in total. The molecule has 0 amide bonds. The van der Waals surface area contributed by atoms with Gasteiger partial charge in [0.25, 0.3) is 0 Å². The van der Waals surface area contributed by atoms with Crippen molar-refractivity contribution in [2.45, 2.75) is 32.0 Å². The number of rotatable bonds is 8. The van der Waals surface area contributed by atoms with Gasteiger partial charge in [-0.15, -0.1) is 0 Å². The Morgan fingerprint density at radius 1 is 1.15 bits per heavy atom. The van der Waals surface area contributed by atoms with Crippen molar-refractivity contribution in [1.82, 2.24) is 0 Å². The van der Waals surface area contributed by atoms with E-state index in [4.69, 9.17) is 4.74 Å².